The molecule has 1 aromatic carbocycles. The molecule has 6 nitrogen and oxygen atoms in total. The van der Waals surface area contributed by atoms with Crippen molar-refractivity contribution in [3.63, 3.8) is 0 Å². The fourth-order valence-electron chi connectivity index (χ4n) is 4.83. The largest absolute Gasteiger partial charge is 0.394 e. The summed E-state index contributed by atoms with van der Waals surface area (Å²) < 4.78 is 18.3. The number of rotatable bonds is 4. The molecule has 5 atom stereocenters. The molecule has 27 heavy (non-hydrogen) atoms. The van der Waals surface area contributed by atoms with E-state index in [9.17, 15) is 9.90 Å². The van der Waals surface area contributed by atoms with Gasteiger partial charge in [0.2, 0.25) is 5.91 Å². The Hall–Kier alpha value is -1.47. The number of ether oxygens (including phenoxy) is 3. The first kappa shape index (κ1) is 18.9. The lowest BCUT2D eigenvalue weighted by Crippen LogP contribution is -2.61. The molecule has 6 heteroatoms. The van der Waals surface area contributed by atoms with Gasteiger partial charge < -0.3 is 24.2 Å². The van der Waals surface area contributed by atoms with Crippen LogP contribution in [0.2, 0.25) is 0 Å². The molecule has 0 bridgehead atoms. The number of aliphatic hydroxyl groups is 1. The number of carbonyl (C=O) groups is 1. The van der Waals surface area contributed by atoms with E-state index < -0.39 is 17.4 Å². The van der Waals surface area contributed by atoms with Gasteiger partial charge in [-0.05, 0) is 12.5 Å². The van der Waals surface area contributed by atoms with Gasteiger partial charge >= 0.3 is 0 Å². The fraction of sp³-hybridized carbons (Fsp3) is 0.667. The van der Waals surface area contributed by atoms with Crippen molar-refractivity contribution >= 4 is 5.91 Å². The second kappa shape index (κ2) is 6.27. The Kier molecular flexibility index (Phi) is 4.38. The molecule has 3 saturated heterocycles. The lowest BCUT2D eigenvalue weighted by atomic mass is 9.77. The monoisotopic (exact) mass is 375 g/mol. The van der Waals surface area contributed by atoms with E-state index in [1.54, 1.807) is 4.90 Å². The highest BCUT2D eigenvalue weighted by Gasteiger charge is 2.75. The molecule has 1 unspecified atom stereocenters. The molecule has 0 radical (unpaired) electrons. The molecule has 1 aromatic rings. The predicted octanol–water partition coefficient (Wildman–Crippen LogP) is 2.30. The highest BCUT2D eigenvalue weighted by Crippen LogP contribution is 2.57. The fourth-order valence-corrected chi connectivity index (χ4v) is 4.83. The van der Waals surface area contributed by atoms with Gasteiger partial charge in [0.05, 0.1) is 25.7 Å². The molecule has 0 aliphatic carbocycles. The summed E-state index contributed by atoms with van der Waals surface area (Å²) in [7, 11) is 0. The van der Waals surface area contributed by atoms with Gasteiger partial charge in [-0.2, -0.15) is 0 Å². The summed E-state index contributed by atoms with van der Waals surface area (Å²) in [5.41, 5.74) is -0.882. The predicted molar refractivity (Wildman–Crippen MR) is 98.5 cm³/mol. The molecule has 1 amide bonds. The van der Waals surface area contributed by atoms with Crippen molar-refractivity contribution in [2.24, 2.45) is 11.3 Å². The first-order valence-corrected chi connectivity index (χ1v) is 9.62. The smallest absolute Gasteiger partial charge is 0.231 e. The second-order valence-corrected chi connectivity index (χ2v) is 9.17. The number of nitrogens with zero attached hydrogens (tertiary/aromatic N) is 1. The molecule has 0 aromatic heterocycles. The van der Waals surface area contributed by atoms with E-state index >= 15 is 0 Å². The van der Waals surface area contributed by atoms with Crippen LogP contribution in [0.1, 0.15) is 39.7 Å². The average molecular weight is 375 g/mol. The topological polar surface area (TPSA) is 68.2 Å². The Bertz CT molecular complexity index is 717. The van der Waals surface area contributed by atoms with Crippen molar-refractivity contribution in [2.75, 3.05) is 13.2 Å². The number of aliphatic hydroxyl groups excluding tert-OH is 1. The molecule has 0 spiro atoms. The molecule has 148 valence electrons. The minimum absolute atomic E-state index is 0.00483. The molecular formula is C21H29NO5. The SMILES string of the molecule is CC(C)(C)[C@@H]1OC[C@]2(CO)N1C(=O)[C@@H]1CC(OCc3ccccc3)O[C@@]12C. The van der Waals surface area contributed by atoms with E-state index in [4.69, 9.17) is 14.2 Å². The third-order valence-electron chi connectivity index (χ3n) is 6.39. The van der Waals surface area contributed by atoms with Gasteiger partial charge in [0.1, 0.15) is 17.4 Å². The van der Waals surface area contributed by atoms with Crippen molar-refractivity contribution in [3.8, 4) is 0 Å². The van der Waals surface area contributed by atoms with Crippen LogP contribution in [-0.4, -0.2) is 52.8 Å². The first-order chi connectivity index (χ1) is 12.7. The van der Waals surface area contributed by atoms with E-state index in [2.05, 4.69) is 0 Å². The number of benzene rings is 1. The maximum atomic E-state index is 13.3. The van der Waals surface area contributed by atoms with E-state index in [0.29, 0.717) is 13.0 Å². The van der Waals surface area contributed by atoms with Crippen molar-refractivity contribution < 1.29 is 24.1 Å². The van der Waals surface area contributed by atoms with Gasteiger partial charge in [-0.1, -0.05) is 51.1 Å². The lowest BCUT2D eigenvalue weighted by Gasteiger charge is -2.42. The van der Waals surface area contributed by atoms with Crippen LogP contribution in [0.15, 0.2) is 30.3 Å². The van der Waals surface area contributed by atoms with Crippen LogP contribution in [0, 0.1) is 11.3 Å². The van der Waals surface area contributed by atoms with Crippen molar-refractivity contribution in [2.45, 2.75) is 64.4 Å². The first-order valence-electron chi connectivity index (χ1n) is 9.62. The summed E-state index contributed by atoms with van der Waals surface area (Å²) in [6.45, 7) is 8.56. The van der Waals surface area contributed by atoms with Crippen LogP contribution in [0.5, 0.6) is 0 Å². The molecule has 3 aliphatic rings. The zero-order valence-electron chi connectivity index (χ0n) is 16.5. The van der Waals surface area contributed by atoms with Crippen LogP contribution in [0.4, 0.5) is 0 Å². The van der Waals surface area contributed by atoms with Gasteiger partial charge in [0, 0.05) is 11.8 Å². The molecular weight excluding hydrogens is 346 g/mol. The number of hydrogen-bond donors (Lipinski definition) is 1. The standard InChI is InChI=1S/C21H29NO5/c1-19(2,3)18-22-17(24)15-10-16(25-11-14-8-6-5-7-9-14)27-20(15,4)21(22,12-23)13-26-18/h5-9,15-16,18,23H,10-13H2,1-4H3/t15-,16?,18-,20-,21-/m0/s1. The van der Waals surface area contributed by atoms with Gasteiger partial charge in [-0.3, -0.25) is 4.79 Å². The minimum atomic E-state index is -0.864. The third-order valence-corrected chi connectivity index (χ3v) is 6.39. The van der Waals surface area contributed by atoms with E-state index in [0.717, 1.165) is 5.56 Å². The Balaban J connectivity index is 1.56. The highest BCUT2D eigenvalue weighted by atomic mass is 16.7. The van der Waals surface area contributed by atoms with Crippen molar-refractivity contribution in [3.05, 3.63) is 35.9 Å². The van der Waals surface area contributed by atoms with E-state index in [1.165, 1.54) is 0 Å². The molecule has 3 heterocycles. The molecule has 1 N–H and O–H groups in total. The Morgan fingerprint density at radius 1 is 1.30 bits per heavy atom. The highest BCUT2D eigenvalue weighted by molar-refractivity contribution is 5.86. The maximum Gasteiger partial charge on any atom is 0.231 e. The summed E-state index contributed by atoms with van der Waals surface area (Å²) in [5, 5.41) is 10.3. The van der Waals surface area contributed by atoms with Crippen molar-refractivity contribution in [1.82, 2.24) is 4.90 Å². The normalized spacial score (nSPS) is 38.3. The number of fused-ring (bicyclic) bond motifs is 3. The van der Waals surface area contributed by atoms with Crippen molar-refractivity contribution in [1.29, 1.82) is 0 Å². The summed E-state index contributed by atoms with van der Waals surface area (Å²) in [6, 6.07) is 9.89. The van der Waals surface area contributed by atoms with Crippen LogP contribution in [0.3, 0.4) is 0 Å². The summed E-state index contributed by atoms with van der Waals surface area (Å²) in [5.74, 6) is -0.339. The zero-order valence-corrected chi connectivity index (χ0v) is 16.5. The van der Waals surface area contributed by atoms with Gasteiger partial charge in [-0.25, -0.2) is 0 Å². The Morgan fingerprint density at radius 2 is 2.00 bits per heavy atom. The Morgan fingerprint density at radius 3 is 2.63 bits per heavy atom. The zero-order chi connectivity index (χ0) is 19.4. The van der Waals surface area contributed by atoms with Gasteiger partial charge in [0.15, 0.2) is 6.29 Å². The number of hydrogen-bond acceptors (Lipinski definition) is 5. The van der Waals surface area contributed by atoms with E-state index in [1.807, 2.05) is 58.0 Å². The second-order valence-electron chi connectivity index (χ2n) is 9.17. The van der Waals surface area contributed by atoms with Gasteiger partial charge in [0.25, 0.3) is 0 Å². The van der Waals surface area contributed by atoms with Crippen LogP contribution >= 0.6 is 0 Å². The average Bonchev–Trinajstić information content (AvgIpc) is 3.23. The summed E-state index contributed by atoms with van der Waals surface area (Å²) in [4.78, 5) is 15.1. The third kappa shape index (κ3) is 2.65. The molecule has 3 fully saturated rings. The molecule has 4 rings (SSSR count). The summed E-state index contributed by atoms with van der Waals surface area (Å²) >= 11 is 0. The molecule has 0 saturated carbocycles. The Labute approximate surface area is 160 Å². The maximum absolute atomic E-state index is 13.3. The number of amides is 1. The molecule has 3 aliphatic heterocycles. The van der Waals surface area contributed by atoms with Crippen LogP contribution < -0.4 is 0 Å². The summed E-state index contributed by atoms with van der Waals surface area (Å²) in [6.07, 6.45) is -0.340. The van der Waals surface area contributed by atoms with Gasteiger partial charge in [-0.15, -0.1) is 0 Å². The quantitative estimate of drug-likeness (QED) is 0.875. The van der Waals surface area contributed by atoms with Crippen LogP contribution in [0.25, 0.3) is 0 Å². The number of carbonyl (C=O) groups excluding carboxylic acids is 1. The lowest BCUT2D eigenvalue weighted by molar-refractivity contribution is -0.202. The van der Waals surface area contributed by atoms with E-state index in [-0.39, 0.29) is 36.7 Å². The minimum Gasteiger partial charge on any atom is -0.394 e. The van der Waals surface area contributed by atoms with Crippen LogP contribution in [-0.2, 0) is 25.6 Å².